The van der Waals surface area contributed by atoms with Crippen LogP contribution in [0.4, 0.5) is 13.2 Å². The Balaban J connectivity index is 1.52. The summed E-state index contributed by atoms with van der Waals surface area (Å²) in [4.78, 5) is 8.45. The third kappa shape index (κ3) is 3.05. The van der Waals surface area contributed by atoms with Crippen LogP contribution in [0.15, 0.2) is 58.9 Å². The average molecular weight is 357 g/mol. The Kier molecular flexibility index (Phi) is 4.16. The van der Waals surface area contributed by atoms with Gasteiger partial charge in [-0.2, -0.15) is 5.10 Å². The highest BCUT2D eigenvalue weighted by Gasteiger charge is 2.29. The number of nitrogens with zero attached hydrogens (tertiary/aromatic N) is 4. The smallest absolute Gasteiger partial charge is 0.164 e. The van der Waals surface area contributed by atoms with Crippen molar-refractivity contribution in [1.82, 2.24) is 15.3 Å². The number of hydrogen-bond acceptors (Lipinski definition) is 5. The summed E-state index contributed by atoms with van der Waals surface area (Å²) in [5, 5.41) is 9.14. The van der Waals surface area contributed by atoms with E-state index < -0.39 is 17.5 Å². The molecule has 0 saturated heterocycles. The zero-order chi connectivity index (χ0) is 18.1. The maximum absolute atomic E-state index is 13.8. The van der Waals surface area contributed by atoms with Crippen LogP contribution in [0, 0.1) is 17.5 Å². The summed E-state index contributed by atoms with van der Waals surface area (Å²) in [6.45, 7) is 0.466. The molecule has 1 N–H and O–H groups in total. The van der Waals surface area contributed by atoms with Gasteiger partial charge in [-0.15, -0.1) is 0 Å². The van der Waals surface area contributed by atoms with Crippen molar-refractivity contribution in [2.24, 2.45) is 10.1 Å². The van der Waals surface area contributed by atoms with Gasteiger partial charge < -0.3 is 5.32 Å². The van der Waals surface area contributed by atoms with Gasteiger partial charge in [-0.25, -0.2) is 18.2 Å². The number of benzene rings is 1. The van der Waals surface area contributed by atoms with E-state index in [2.05, 4.69) is 20.4 Å². The van der Waals surface area contributed by atoms with Crippen LogP contribution in [0.5, 0.6) is 0 Å². The molecule has 4 rings (SSSR count). The molecule has 0 fully saturated rings. The molecule has 132 valence electrons. The van der Waals surface area contributed by atoms with Crippen LogP contribution in [-0.2, 0) is 6.54 Å². The molecular weight excluding hydrogens is 343 g/mol. The van der Waals surface area contributed by atoms with Gasteiger partial charge in [-0.05, 0) is 35.9 Å². The zero-order valence-electron chi connectivity index (χ0n) is 13.5. The molecule has 0 saturated carbocycles. The van der Waals surface area contributed by atoms with Gasteiger partial charge in [0.25, 0.3) is 0 Å². The number of amidine groups is 2. The van der Waals surface area contributed by atoms with Crippen molar-refractivity contribution in [2.75, 3.05) is 6.54 Å². The standard InChI is InChI=1S/C18H14F3N5/c19-13-7-12(18(21)14(20)8-13)9-23-16-1-2-17-24-10-15(26(17)25-16)11-3-5-22-6-4-11/h1-8,15H,9-10H2,(H,23,25). The van der Waals surface area contributed by atoms with Gasteiger partial charge >= 0.3 is 0 Å². The van der Waals surface area contributed by atoms with E-state index in [4.69, 9.17) is 0 Å². The van der Waals surface area contributed by atoms with Gasteiger partial charge in [0.15, 0.2) is 11.6 Å². The molecular formula is C18H14F3N5. The lowest BCUT2D eigenvalue weighted by atomic mass is 10.1. The predicted molar refractivity (Wildman–Crippen MR) is 90.8 cm³/mol. The van der Waals surface area contributed by atoms with Crippen LogP contribution in [0.1, 0.15) is 17.2 Å². The summed E-state index contributed by atoms with van der Waals surface area (Å²) in [5.41, 5.74) is 0.917. The largest absolute Gasteiger partial charge is 0.364 e. The van der Waals surface area contributed by atoms with Crippen LogP contribution in [0.2, 0.25) is 0 Å². The molecule has 2 aliphatic heterocycles. The normalized spacial score (nSPS) is 18.4. The molecule has 8 heteroatoms. The molecule has 0 radical (unpaired) electrons. The Morgan fingerprint density at radius 3 is 2.73 bits per heavy atom. The Labute approximate surface area is 147 Å². The minimum atomic E-state index is -1.21. The topological polar surface area (TPSA) is 52.9 Å². The molecule has 1 atom stereocenters. The average Bonchev–Trinajstić information content (AvgIpc) is 3.07. The van der Waals surface area contributed by atoms with Gasteiger partial charge in [0.2, 0.25) is 0 Å². The second-order valence-electron chi connectivity index (χ2n) is 5.87. The van der Waals surface area contributed by atoms with Gasteiger partial charge in [0.05, 0.1) is 12.6 Å². The van der Waals surface area contributed by atoms with Crippen molar-refractivity contribution in [3.63, 3.8) is 0 Å². The maximum atomic E-state index is 13.8. The molecule has 2 aromatic rings. The summed E-state index contributed by atoms with van der Waals surface area (Å²) in [6.07, 6.45) is 6.89. The summed E-state index contributed by atoms with van der Waals surface area (Å²) in [5.74, 6) is -1.94. The van der Waals surface area contributed by atoms with Crippen LogP contribution in [-0.4, -0.2) is 28.2 Å². The number of aromatic nitrogens is 1. The molecule has 1 aromatic carbocycles. The molecule has 26 heavy (non-hydrogen) atoms. The van der Waals surface area contributed by atoms with E-state index in [9.17, 15) is 13.2 Å². The summed E-state index contributed by atoms with van der Waals surface area (Å²) < 4.78 is 40.3. The lowest BCUT2D eigenvalue weighted by Gasteiger charge is -2.25. The Morgan fingerprint density at radius 2 is 1.92 bits per heavy atom. The fraction of sp³-hybridized carbons (Fsp3) is 0.167. The molecule has 0 amide bonds. The first-order chi connectivity index (χ1) is 12.6. The van der Waals surface area contributed by atoms with Gasteiger partial charge in [-0.1, -0.05) is 0 Å². The highest BCUT2D eigenvalue weighted by Crippen LogP contribution is 2.28. The molecule has 1 aromatic heterocycles. The van der Waals surface area contributed by atoms with E-state index in [0.717, 1.165) is 17.5 Å². The lowest BCUT2D eigenvalue weighted by molar-refractivity contribution is 0.367. The predicted octanol–water partition coefficient (Wildman–Crippen LogP) is 2.93. The molecule has 3 heterocycles. The van der Waals surface area contributed by atoms with Gasteiger partial charge in [0.1, 0.15) is 17.5 Å². The van der Waals surface area contributed by atoms with Crippen LogP contribution in [0.25, 0.3) is 0 Å². The van der Waals surface area contributed by atoms with Crippen LogP contribution in [0.3, 0.4) is 0 Å². The highest BCUT2D eigenvalue weighted by atomic mass is 19.2. The number of aliphatic imine (C=N–C) groups is 1. The first-order valence-corrected chi connectivity index (χ1v) is 7.99. The van der Waals surface area contributed by atoms with Crippen molar-refractivity contribution in [2.45, 2.75) is 12.6 Å². The quantitative estimate of drug-likeness (QED) is 0.860. The van der Waals surface area contributed by atoms with E-state index in [1.54, 1.807) is 29.6 Å². The molecule has 0 bridgehead atoms. The van der Waals surface area contributed by atoms with E-state index in [0.29, 0.717) is 18.4 Å². The molecule has 0 aliphatic carbocycles. The second kappa shape index (κ2) is 6.62. The van der Waals surface area contributed by atoms with Crippen molar-refractivity contribution >= 4 is 11.7 Å². The number of rotatable bonds is 3. The number of nitrogens with one attached hydrogen (secondary N) is 1. The SMILES string of the molecule is Fc1cc(F)c(F)c(CNC2=NN3C(=NCC3c3ccncc3)C=C2)c1. The second-order valence-corrected chi connectivity index (χ2v) is 5.87. The Bertz CT molecular complexity index is 924. The van der Waals surface area contributed by atoms with Crippen molar-refractivity contribution in [3.8, 4) is 0 Å². The number of hydrazone groups is 1. The Morgan fingerprint density at radius 1 is 1.12 bits per heavy atom. The first-order valence-electron chi connectivity index (χ1n) is 7.99. The summed E-state index contributed by atoms with van der Waals surface area (Å²) in [7, 11) is 0. The van der Waals surface area contributed by atoms with Gasteiger partial charge in [-0.3, -0.25) is 9.98 Å². The minimum Gasteiger partial charge on any atom is -0.364 e. The minimum absolute atomic E-state index is 0.0573. The van der Waals surface area contributed by atoms with E-state index in [-0.39, 0.29) is 18.2 Å². The van der Waals surface area contributed by atoms with Crippen LogP contribution < -0.4 is 5.32 Å². The van der Waals surface area contributed by atoms with Crippen molar-refractivity contribution in [3.05, 3.63) is 77.4 Å². The number of hydrogen-bond donors (Lipinski definition) is 1. The fourth-order valence-electron chi connectivity index (χ4n) is 2.89. The number of fused-ring (bicyclic) bond motifs is 1. The van der Waals surface area contributed by atoms with E-state index in [1.807, 2.05) is 12.1 Å². The van der Waals surface area contributed by atoms with Crippen molar-refractivity contribution < 1.29 is 13.2 Å². The van der Waals surface area contributed by atoms with E-state index in [1.165, 1.54) is 0 Å². The third-order valence-corrected chi connectivity index (χ3v) is 4.18. The first kappa shape index (κ1) is 16.3. The summed E-state index contributed by atoms with van der Waals surface area (Å²) in [6, 6.07) is 5.21. The van der Waals surface area contributed by atoms with E-state index >= 15 is 0 Å². The Hall–Kier alpha value is -3.16. The molecule has 2 aliphatic rings. The maximum Gasteiger partial charge on any atom is 0.164 e. The molecule has 0 spiro atoms. The molecule has 1 unspecified atom stereocenters. The van der Waals surface area contributed by atoms with Crippen LogP contribution >= 0.6 is 0 Å². The summed E-state index contributed by atoms with van der Waals surface area (Å²) >= 11 is 0. The van der Waals surface area contributed by atoms with Crippen molar-refractivity contribution in [1.29, 1.82) is 0 Å². The number of halogens is 3. The number of pyridine rings is 1. The molecule has 5 nitrogen and oxygen atoms in total. The third-order valence-electron chi connectivity index (χ3n) is 4.18. The lowest BCUT2D eigenvalue weighted by Crippen LogP contribution is -2.33. The fourth-order valence-corrected chi connectivity index (χ4v) is 2.89. The monoisotopic (exact) mass is 357 g/mol. The highest BCUT2D eigenvalue weighted by molar-refractivity contribution is 6.05. The van der Waals surface area contributed by atoms with Gasteiger partial charge in [0, 0.05) is 30.6 Å². The zero-order valence-corrected chi connectivity index (χ0v) is 13.5.